The highest BCUT2D eigenvalue weighted by Crippen LogP contribution is 2.34. The van der Waals surface area contributed by atoms with E-state index in [0.717, 1.165) is 85.7 Å². The van der Waals surface area contributed by atoms with E-state index in [1.54, 1.807) is 6.07 Å². The maximum atomic E-state index is 13.1. The van der Waals surface area contributed by atoms with Crippen molar-refractivity contribution in [1.82, 2.24) is 14.5 Å². The molecule has 3 aromatic carbocycles. The first kappa shape index (κ1) is 28.5. The van der Waals surface area contributed by atoms with E-state index < -0.39 is 11.7 Å². The molecule has 4 aromatic rings. The number of hydrogen-bond donors (Lipinski definition) is 0. The molecule has 0 N–H and O–H groups in total. The number of ether oxygens (including phenoxy) is 2. The summed E-state index contributed by atoms with van der Waals surface area (Å²) < 4.78 is 53.5. The zero-order valence-electron chi connectivity index (χ0n) is 22.8. The molecule has 0 aliphatic carbocycles. The Balaban J connectivity index is 1.58. The van der Waals surface area contributed by atoms with Crippen LogP contribution in [0.3, 0.4) is 0 Å². The standard InChI is InChI=1S/C31H36F3N3O2/c1-4-7-18-37-29-22-25(38-19-10-17-36(5-2)6-3)15-16-28(29)35-30(37)23-11-8-13-26(20-23)39-27-14-9-12-24(21-27)31(32,33)34/h8-9,11-16,20-22H,4-7,10,17-19H2,1-3H3. The molecule has 0 spiro atoms. The summed E-state index contributed by atoms with van der Waals surface area (Å²) in [5.41, 5.74) is 1.93. The number of imidazole rings is 1. The highest BCUT2D eigenvalue weighted by Gasteiger charge is 2.30. The molecular formula is C31H36F3N3O2. The van der Waals surface area contributed by atoms with Crippen molar-refractivity contribution in [3.05, 3.63) is 72.3 Å². The summed E-state index contributed by atoms with van der Waals surface area (Å²) in [4.78, 5) is 7.29. The van der Waals surface area contributed by atoms with Gasteiger partial charge in [-0.2, -0.15) is 13.2 Å². The average molecular weight is 540 g/mol. The minimum absolute atomic E-state index is 0.129. The van der Waals surface area contributed by atoms with Crippen LogP contribution in [0.1, 0.15) is 45.6 Å². The minimum Gasteiger partial charge on any atom is -0.493 e. The second-order valence-corrected chi connectivity index (χ2v) is 9.48. The summed E-state index contributed by atoms with van der Waals surface area (Å²) in [6, 6.07) is 18.2. The predicted molar refractivity (Wildman–Crippen MR) is 149 cm³/mol. The van der Waals surface area contributed by atoms with Crippen LogP contribution in [0.2, 0.25) is 0 Å². The van der Waals surface area contributed by atoms with Gasteiger partial charge >= 0.3 is 6.18 Å². The summed E-state index contributed by atoms with van der Waals surface area (Å²) in [6.07, 6.45) is -1.47. The van der Waals surface area contributed by atoms with E-state index in [1.165, 1.54) is 12.1 Å². The molecule has 0 fully saturated rings. The Morgan fingerprint density at radius 1 is 0.846 bits per heavy atom. The number of aromatic nitrogens is 2. The van der Waals surface area contributed by atoms with Crippen molar-refractivity contribution in [2.24, 2.45) is 0 Å². The lowest BCUT2D eigenvalue weighted by atomic mass is 10.2. The number of hydrogen-bond acceptors (Lipinski definition) is 4. The van der Waals surface area contributed by atoms with Crippen LogP contribution < -0.4 is 9.47 Å². The van der Waals surface area contributed by atoms with E-state index in [-0.39, 0.29) is 5.75 Å². The quantitative estimate of drug-likeness (QED) is 0.160. The molecule has 0 amide bonds. The van der Waals surface area contributed by atoms with E-state index >= 15 is 0 Å². The number of alkyl halides is 3. The van der Waals surface area contributed by atoms with Crippen molar-refractivity contribution in [2.45, 2.75) is 52.8 Å². The molecular weight excluding hydrogens is 503 g/mol. The van der Waals surface area contributed by atoms with E-state index in [2.05, 4.69) is 30.2 Å². The fourth-order valence-corrected chi connectivity index (χ4v) is 4.54. The van der Waals surface area contributed by atoms with Crippen LogP contribution in [0.25, 0.3) is 22.4 Å². The average Bonchev–Trinajstić information content (AvgIpc) is 3.29. The Hall–Kier alpha value is -3.52. The first-order chi connectivity index (χ1) is 18.8. The van der Waals surface area contributed by atoms with Crippen molar-refractivity contribution in [2.75, 3.05) is 26.2 Å². The lowest BCUT2D eigenvalue weighted by Crippen LogP contribution is -2.25. The summed E-state index contributed by atoms with van der Waals surface area (Å²) in [5, 5.41) is 0. The molecule has 0 radical (unpaired) electrons. The van der Waals surface area contributed by atoms with Gasteiger partial charge in [0.2, 0.25) is 0 Å². The molecule has 0 atom stereocenters. The maximum Gasteiger partial charge on any atom is 0.416 e. The van der Waals surface area contributed by atoms with Crippen molar-refractivity contribution in [3.8, 4) is 28.6 Å². The van der Waals surface area contributed by atoms with Gasteiger partial charge in [0, 0.05) is 24.7 Å². The van der Waals surface area contributed by atoms with Crippen LogP contribution in [-0.2, 0) is 12.7 Å². The SMILES string of the molecule is CCCCn1c(-c2cccc(Oc3cccc(C(F)(F)F)c3)c2)nc2ccc(OCCCN(CC)CC)cc21. The molecule has 1 aromatic heterocycles. The Morgan fingerprint density at radius 3 is 2.31 bits per heavy atom. The Labute approximate surface area is 228 Å². The fraction of sp³-hybridized carbons (Fsp3) is 0.387. The molecule has 0 bridgehead atoms. The van der Waals surface area contributed by atoms with Gasteiger partial charge in [0.05, 0.1) is 23.2 Å². The molecule has 5 nitrogen and oxygen atoms in total. The molecule has 8 heteroatoms. The molecule has 0 aliphatic rings. The number of aryl methyl sites for hydroxylation is 1. The van der Waals surface area contributed by atoms with Crippen LogP contribution in [0.4, 0.5) is 13.2 Å². The highest BCUT2D eigenvalue weighted by molar-refractivity contribution is 5.82. The lowest BCUT2D eigenvalue weighted by Gasteiger charge is -2.17. The number of rotatable bonds is 13. The molecule has 0 saturated carbocycles. The van der Waals surface area contributed by atoms with Gasteiger partial charge in [-0.05, 0) is 68.4 Å². The zero-order valence-corrected chi connectivity index (χ0v) is 22.8. The molecule has 0 aliphatic heterocycles. The van der Waals surface area contributed by atoms with E-state index in [4.69, 9.17) is 14.5 Å². The Kier molecular flexibility index (Phi) is 9.51. The van der Waals surface area contributed by atoms with Crippen molar-refractivity contribution in [1.29, 1.82) is 0 Å². The number of fused-ring (bicyclic) bond motifs is 1. The third-order valence-corrected chi connectivity index (χ3v) is 6.73. The van der Waals surface area contributed by atoms with E-state index in [0.29, 0.717) is 12.4 Å². The molecule has 208 valence electrons. The molecule has 1 heterocycles. The van der Waals surface area contributed by atoms with Crippen LogP contribution in [0.5, 0.6) is 17.2 Å². The smallest absolute Gasteiger partial charge is 0.416 e. The first-order valence-corrected chi connectivity index (χ1v) is 13.6. The second kappa shape index (κ2) is 13.0. The van der Waals surface area contributed by atoms with Crippen LogP contribution in [-0.4, -0.2) is 40.7 Å². The zero-order chi connectivity index (χ0) is 27.8. The minimum atomic E-state index is -4.43. The Bertz CT molecular complexity index is 1360. The summed E-state index contributed by atoms with van der Waals surface area (Å²) in [7, 11) is 0. The summed E-state index contributed by atoms with van der Waals surface area (Å²) in [6.45, 7) is 11.0. The van der Waals surface area contributed by atoms with Crippen molar-refractivity contribution >= 4 is 11.0 Å². The van der Waals surface area contributed by atoms with Crippen LogP contribution in [0.15, 0.2) is 66.7 Å². The van der Waals surface area contributed by atoms with Gasteiger partial charge in [-0.25, -0.2) is 4.98 Å². The molecule has 0 saturated heterocycles. The van der Waals surface area contributed by atoms with Gasteiger partial charge in [-0.1, -0.05) is 45.4 Å². The predicted octanol–water partition coefficient (Wildman–Crippen LogP) is 8.43. The van der Waals surface area contributed by atoms with E-state index in [1.807, 2.05) is 36.4 Å². The highest BCUT2D eigenvalue weighted by atomic mass is 19.4. The number of benzene rings is 3. The maximum absolute atomic E-state index is 13.1. The van der Waals surface area contributed by atoms with Gasteiger partial charge in [0.25, 0.3) is 0 Å². The number of unbranched alkanes of at least 4 members (excludes halogenated alkanes) is 1. The molecule has 39 heavy (non-hydrogen) atoms. The van der Waals surface area contributed by atoms with Gasteiger partial charge in [-0.15, -0.1) is 0 Å². The number of nitrogens with zero attached hydrogens (tertiary/aromatic N) is 3. The number of halogens is 3. The first-order valence-electron chi connectivity index (χ1n) is 13.6. The van der Waals surface area contributed by atoms with E-state index in [9.17, 15) is 13.2 Å². The normalized spacial score (nSPS) is 11.9. The largest absolute Gasteiger partial charge is 0.493 e. The topological polar surface area (TPSA) is 39.5 Å². The fourth-order valence-electron chi connectivity index (χ4n) is 4.54. The van der Waals surface area contributed by atoms with Gasteiger partial charge in [0.1, 0.15) is 23.1 Å². The summed E-state index contributed by atoms with van der Waals surface area (Å²) in [5.74, 6) is 2.17. The van der Waals surface area contributed by atoms with Gasteiger partial charge in [-0.3, -0.25) is 0 Å². The molecule has 4 rings (SSSR count). The monoisotopic (exact) mass is 539 g/mol. The van der Waals surface area contributed by atoms with Crippen LogP contribution in [0, 0.1) is 0 Å². The third-order valence-electron chi connectivity index (χ3n) is 6.73. The van der Waals surface area contributed by atoms with Crippen molar-refractivity contribution in [3.63, 3.8) is 0 Å². The summed E-state index contributed by atoms with van der Waals surface area (Å²) >= 11 is 0. The Morgan fingerprint density at radius 2 is 1.59 bits per heavy atom. The molecule has 0 unspecified atom stereocenters. The van der Waals surface area contributed by atoms with Gasteiger partial charge in [0.15, 0.2) is 0 Å². The lowest BCUT2D eigenvalue weighted by molar-refractivity contribution is -0.137. The van der Waals surface area contributed by atoms with Crippen LogP contribution >= 0.6 is 0 Å². The third kappa shape index (κ3) is 7.32. The van der Waals surface area contributed by atoms with Crippen molar-refractivity contribution < 1.29 is 22.6 Å². The second-order valence-electron chi connectivity index (χ2n) is 9.48. The van der Waals surface area contributed by atoms with Gasteiger partial charge < -0.3 is 18.9 Å².